The lowest BCUT2D eigenvalue weighted by atomic mass is 10.3. The molecule has 0 aromatic carbocycles. The summed E-state index contributed by atoms with van der Waals surface area (Å²) in [5.74, 6) is 0.851. The van der Waals surface area contributed by atoms with Crippen LogP contribution in [0.5, 0.6) is 5.75 Å². The molecule has 70 valence electrons. The van der Waals surface area contributed by atoms with Crippen LogP contribution in [-0.4, -0.2) is 11.6 Å². The maximum Gasteiger partial charge on any atom is 0.150 e. The van der Waals surface area contributed by atoms with Crippen molar-refractivity contribution >= 4 is 22.6 Å². The van der Waals surface area contributed by atoms with Crippen molar-refractivity contribution in [1.29, 1.82) is 0 Å². The molecule has 2 nitrogen and oxygen atoms in total. The van der Waals surface area contributed by atoms with Crippen LogP contribution in [0.25, 0.3) is 0 Å². The molecule has 0 unspecified atom stereocenters. The summed E-state index contributed by atoms with van der Waals surface area (Å²) in [6.07, 6.45) is 4.39. The van der Waals surface area contributed by atoms with E-state index in [4.69, 9.17) is 4.74 Å². The number of hydrogen-bond donors (Lipinski definition) is 0. The van der Waals surface area contributed by atoms with Crippen molar-refractivity contribution in [1.82, 2.24) is 4.98 Å². The highest BCUT2D eigenvalue weighted by atomic mass is 127. The van der Waals surface area contributed by atoms with E-state index < -0.39 is 0 Å². The molecule has 0 aliphatic carbocycles. The Balaban J connectivity index is 2.45. The third kappa shape index (κ3) is 3.76. The number of nitrogens with zero attached hydrogens (tertiary/aromatic N) is 1. The highest BCUT2D eigenvalue weighted by Crippen LogP contribution is 2.18. The predicted octanol–water partition coefficient (Wildman–Crippen LogP) is 3.03. The molecule has 0 saturated heterocycles. The molecule has 0 N–H and O–H groups in total. The summed E-state index contributed by atoms with van der Waals surface area (Å²) in [7, 11) is 0. The second-order valence-electron chi connectivity index (χ2n) is 2.86. The number of aromatic nitrogens is 1. The summed E-state index contributed by atoms with van der Waals surface area (Å²) in [5.41, 5.74) is 1.14. The van der Waals surface area contributed by atoms with Crippen molar-refractivity contribution < 1.29 is 4.74 Å². The Hall–Kier alpha value is -0.580. The van der Waals surface area contributed by atoms with Gasteiger partial charge in [-0.05, 0) is 35.6 Å². The molecule has 0 spiro atoms. The van der Waals surface area contributed by atoms with Gasteiger partial charge in [-0.3, -0.25) is 4.98 Å². The van der Waals surface area contributed by atoms with Crippen molar-refractivity contribution in [2.24, 2.45) is 0 Å². The predicted molar refractivity (Wildman–Crippen MR) is 61.9 cm³/mol. The van der Waals surface area contributed by atoms with Gasteiger partial charge in [0.05, 0.1) is 16.4 Å². The average Bonchev–Trinajstić information content (AvgIpc) is 2.08. The Labute approximate surface area is 92.2 Å². The van der Waals surface area contributed by atoms with Gasteiger partial charge in [0.15, 0.2) is 5.75 Å². The molecule has 0 saturated carbocycles. The molecule has 13 heavy (non-hydrogen) atoms. The number of ether oxygens (including phenoxy) is 1. The minimum Gasteiger partial charge on any atom is -0.491 e. The third-order valence-corrected chi connectivity index (χ3v) is 2.41. The molecule has 0 aliphatic rings. The SMILES string of the molecule is C=C(C)CCOc1cnccc1I. The Morgan fingerprint density at radius 2 is 2.46 bits per heavy atom. The molecule has 0 fully saturated rings. The van der Waals surface area contributed by atoms with Gasteiger partial charge in [-0.15, -0.1) is 6.58 Å². The van der Waals surface area contributed by atoms with Gasteiger partial charge < -0.3 is 4.74 Å². The molecule has 1 aromatic heterocycles. The standard InChI is InChI=1S/C10H12INO/c1-8(2)4-6-13-10-7-12-5-3-9(10)11/h3,5,7H,1,4,6H2,2H3. The summed E-state index contributed by atoms with van der Waals surface area (Å²) in [4.78, 5) is 3.99. The second-order valence-corrected chi connectivity index (χ2v) is 4.02. The van der Waals surface area contributed by atoms with Crippen LogP contribution < -0.4 is 4.74 Å². The van der Waals surface area contributed by atoms with Gasteiger partial charge >= 0.3 is 0 Å². The molecule has 0 aliphatic heterocycles. The van der Waals surface area contributed by atoms with Crippen LogP contribution in [0.15, 0.2) is 30.6 Å². The van der Waals surface area contributed by atoms with Gasteiger partial charge in [-0.25, -0.2) is 0 Å². The molecule has 1 aromatic rings. The molecule has 1 rings (SSSR count). The lowest BCUT2D eigenvalue weighted by Gasteiger charge is -2.06. The number of pyridine rings is 1. The van der Waals surface area contributed by atoms with E-state index >= 15 is 0 Å². The van der Waals surface area contributed by atoms with Crippen molar-refractivity contribution in [3.8, 4) is 5.75 Å². The Bertz CT molecular complexity index is 299. The van der Waals surface area contributed by atoms with Gasteiger partial charge in [0, 0.05) is 12.6 Å². The number of rotatable bonds is 4. The summed E-state index contributed by atoms with van der Waals surface area (Å²) in [5, 5.41) is 0. The van der Waals surface area contributed by atoms with E-state index in [1.165, 1.54) is 0 Å². The van der Waals surface area contributed by atoms with Crippen LogP contribution in [0.2, 0.25) is 0 Å². The normalized spacial score (nSPS) is 9.69. The van der Waals surface area contributed by atoms with Crippen LogP contribution in [0.4, 0.5) is 0 Å². The van der Waals surface area contributed by atoms with Gasteiger partial charge in [-0.1, -0.05) is 5.57 Å². The molecule has 3 heteroatoms. The average molecular weight is 289 g/mol. The van der Waals surface area contributed by atoms with Crippen LogP contribution in [0.3, 0.4) is 0 Å². The van der Waals surface area contributed by atoms with Crippen LogP contribution in [0, 0.1) is 3.57 Å². The summed E-state index contributed by atoms with van der Waals surface area (Å²) in [6, 6.07) is 1.93. The topological polar surface area (TPSA) is 22.1 Å². The molecular formula is C10H12INO. The molecular weight excluding hydrogens is 277 g/mol. The highest BCUT2D eigenvalue weighted by Gasteiger charge is 1.98. The quantitative estimate of drug-likeness (QED) is 0.628. The highest BCUT2D eigenvalue weighted by molar-refractivity contribution is 14.1. The van der Waals surface area contributed by atoms with E-state index in [-0.39, 0.29) is 0 Å². The van der Waals surface area contributed by atoms with Crippen molar-refractivity contribution in [2.75, 3.05) is 6.61 Å². The van der Waals surface area contributed by atoms with Crippen LogP contribution >= 0.6 is 22.6 Å². The van der Waals surface area contributed by atoms with Gasteiger partial charge in [0.25, 0.3) is 0 Å². The van der Waals surface area contributed by atoms with Crippen molar-refractivity contribution in [3.05, 3.63) is 34.2 Å². The monoisotopic (exact) mass is 289 g/mol. The molecule has 0 bridgehead atoms. The first-order valence-electron chi connectivity index (χ1n) is 4.07. The van der Waals surface area contributed by atoms with Crippen molar-refractivity contribution in [3.63, 3.8) is 0 Å². The largest absolute Gasteiger partial charge is 0.491 e. The Morgan fingerprint density at radius 1 is 1.69 bits per heavy atom. The van der Waals surface area contributed by atoms with E-state index in [1.54, 1.807) is 12.4 Å². The first kappa shape index (κ1) is 10.5. The maximum absolute atomic E-state index is 5.52. The fourth-order valence-electron chi connectivity index (χ4n) is 0.804. The summed E-state index contributed by atoms with van der Waals surface area (Å²) >= 11 is 2.23. The summed E-state index contributed by atoms with van der Waals surface area (Å²) in [6.45, 7) is 6.49. The Kier molecular flexibility index (Phi) is 4.21. The minimum atomic E-state index is 0.678. The second kappa shape index (κ2) is 5.21. The fraction of sp³-hybridized carbons (Fsp3) is 0.300. The maximum atomic E-state index is 5.52. The molecule has 0 atom stereocenters. The molecule has 0 radical (unpaired) electrons. The van der Waals surface area contributed by atoms with Crippen molar-refractivity contribution in [2.45, 2.75) is 13.3 Å². The first-order valence-corrected chi connectivity index (χ1v) is 5.14. The van der Waals surface area contributed by atoms with E-state index in [2.05, 4.69) is 34.2 Å². The molecule has 0 amide bonds. The van der Waals surface area contributed by atoms with E-state index in [1.807, 2.05) is 13.0 Å². The van der Waals surface area contributed by atoms with E-state index in [9.17, 15) is 0 Å². The van der Waals surface area contributed by atoms with E-state index in [0.29, 0.717) is 6.61 Å². The van der Waals surface area contributed by atoms with Gasteiger partial charge in [-0.2, -0.15) is 0 Å². The lowest BCUT2D eigenvalue weighted by molar-refractivity contribution is 0.318. The number of hydrogen-bond acceptors (Lipinski definition) is 2. The minimum absolute atomic E-state index is 0.678. The molecule has 1 heterocycles. The zero-order valence-electron chi connectivity index (χ0n) is 7.59. The number of halogens is 1. The van der Waals surface area contributed by atoms with Crippen LogP contribution in [-0.2, 0) is 0 Å². The zero-order chi connectivity index (χ0) is 9.68. The first-order chi connectivity index (χ1) is 6.20. The van der Waals surface area contributed by atoms with E-state index in [0.717, 1.165) is 21.3 Å². The fourth-order valence-corrected chi connectivity index (χ4v) is 1.26. The smallest absolute Gasteiger partial charge is 0.150 e. The zero-order valence-corrected chi connectivity index (χ0v) is 9.74. The Morgan fingerprint density at radius 3 is 3.08 bits per heavy atom. The lowest BCUT2D eigenvalue weighted by Crippen LogP contribution is -1.99. The van der Waals surface area contributed by atoms with Gasteiger partial charge in [0.2, 0.25) is 0 Å². The third-order valence-electron chi connectivity index (χ3n) is 1.52. The summed E-state index contributed by atoms with van der Waals surface area (Å²) < 4.78 is 6.61. The van der Waals surface area contributed by atoms with Crippen LogP contribution in [0.1, 0.15) is 13.3 Å². The van der Waals surface area contributed by atoms with Gasteiger partial charge in [0.1, 0.15) is 0 Å².